The molecule has 6 nitrogen and oxygen atoms in total. The van der Waals surface area contributed by atoms with Crippen molar-refractivity contribution in [3.63, 3.8) is 0 Å². The van der Waals surface area contributed by atoms with Crippen LogP contribution in [0.1, 0.15) is 17.4 Å². The fraction of sp³-hybridized carbons (Fsp3) is 0.0870. The van der Waals surface area contributed by atoms with Gasteiger partial charge in [-0.3, -0.25) is 19.3 Å². The SMILES string of the molecule is CC(=O)Nc1ccc(NC2=C(c3cccs3)C(=O)N(Cc3ccc(Cl)cc3)C2=O)cc1. The van der Waals surface area contributed by atoms with E-state index >= 15 is 0 Å². The summed E-state index contributed by atoms with van der Waals surface area (Å²) in [7, 11) is 0. The van der Waals surface area contributed by atoms with Crippen molar-refractivity contribution in [2.75, 3.05) is 10.6 Å². The number of hydrogen-bond acceptors (Lipinski definition) is 5. The summed E-state index contributed by atoms with van der Waals surface area (Å²) < 4.78 is 0. The molecule has 1 aromatic heterocycles. The Morgan fingerprint density at radius 2 is 1.65 bits per heavy atom. The van der Waals surface area contributed by atoms with Gasteiger partial charge in [0.25, 0.3) is 11.8 Å². The number of imide groups is 1. The van der Waals surface area contributed by atoms with Gasteiger partial charge in [0.15, 0.2) is 0 Å². The Kier molecular flexibility index (Phi) is 5.88. The van der Waals surface area contributed by atoms with Gasteiger partial charge in [0.1, 0.15) is 5.70 Å². The van der Waals surface area contributed by atoms with Crippen LogP contribution in [0.4, 0.5) is 11.4 Å². The van der Waals surface area contributed by atoms with Crippen molar-refractivity contribution in [2.24, 2.45) is 0 Å². The minimum atomic E-state index is -0.394. The molecule has 2 aromatic carbocycles. The van der Waals surface area contributed by atoms with Crippen molar-refractivity contribution >= 4 is 57.6 Å². The summed E-state index contributed by atoms with van der Waals surface area (Å²) in [5.74, 6) is -0.910. The molecule has 3 aromatic rings. The molecule has 0 atom stereocenters. The van der Waals surface area contributed by atoms with Gasteiger partial charge in [0, 0.05) is 28.2 Å². The van der Waals surface area contributed by atoms with Gasteiger partial charge in [-0.15, -0.1) is 11.3 Å². The largest absolute Gasteiger partial charge is 0.350 e. The Hall–Kier alpha value is -3.42. The Bertz CT molecular complexity index is 1170. The monoisotopic (exact) mass is 451 g/mol. The van der Waals surface area contributed by atoms with Crippen LogP contribution < -0.4 is 10.6 Å². The predicted octanol–water partition coefficient (Wildman–Crippen LogP) is 4.75. The molecule has 0 unspecified atom stereocenters. The first kappa shape index (κ1) is 20.8. The molecule has 0 saturated carbocycles. The predicted molar refractivity (Wildman–Crippen MR) is 123 cm³/mol. The van der Waals surface area contributed by atoms with E-state index in [1.165, 1.54) is 23.2 Å². The normalized spacial score (nSPS) is 13.7. The molecule has 1 aliphatic heterocycles. The minimum absolute atomic E-state index is 0.149. The molecule has 0 spiro atoms. The first-order valence-electron chi connectivity index (χ1n) is 9.46. The van der Waals surface area contributed by atoms with Crippen LogP contribution in [0.2, 0.25) is 5.02 Å². The number of carbonyl (C=O) groups is 3. The second-order valence-corrected chi connectivity index (χ2v) is 8.32. The number of amides is 3. The van der Waals surface area contributed by atoms with Crippen LogP contribution in [0.3, 0.4) is 0 Å². The third-order valence-corrected chi connectivity index (χ3v) is 5.80. The summed E-state index contributed by atoms with van der Waals surface area (Å²) in [6.07, 6.45) is 0. The smallest absolute Gasteiger partial charge is 0.278 e. The average Bonchev–Trinajstić information content (AvgIpc) is 3.34. The van der Waals surface area contributed by atoms with E-state index in [-0.39, 0.29) is 24.1 Å². The molecule has 3 amide bonds. The van der Waals surface area contributed by atoms with E-state index in [0.717, 1.165) is 5.56 Å². The number of rotatable bonds is 6. The van der Waals surface area contributed by atoms with E-state index in [4.69, 9.17) is 11.6 Å². The highest BCUT2D eigenvalue weighted by Gasteiger charge is 2.39. The lowest BCUT2D eigenvalue weighted by Gasteiger charge is -2.15. The third-order valence-electron chi connectivity index (χ3n) is 4.66. The van der Waals surface area contributed by atoms with Crippen LogP contribution >= 0.6 is 22.9 Å². The van der Waals surface area contributed by atoms with Gasteiger partial charge < -0.3 is 10.6 Å². The summed E-state index contributed by atoms with van der Waals surface area (Å²) in [6.45, 7) is 1.58. The molecule has 0 saturated heterocycles. The van der Waals surface area contributed by atoms with Crippen molar-refractivity contribution in [2.45, 2.75) is 13.5 Å². The molecule has 156 valence electrons. The number of nitrogens with zero attached hydrogens (tertiary/aromatic N) is 1. The summed E-state index contributed by atoms with van der Waals surface area (Å²) in [5, 5.41) is 8.25. The van der Waals surface area contributed by atoms with Crippen molar-refractivity contribution in [1.82, 2.24) is 4.90 Å². The van der Waals surface area contributed by atoms with E-state index in [0.29, 0.717) is 26.8 Å². The minimum Gasteiger partial charge on any atom is -0.350 e. The highest BCUT2D eigenvalue weighted by molar-refractivity contribution is 7.11. The van der Waals surface area contributed by atoms with E-state index in [1.807, 2.05) is 17.5 Å². The topological polar surface area (TPSA) is 78.5 Å². The first-order chi connectivity index (χ1) is 14.9. The number of hydrogen-bond donors (Lipinski definition) is 2. The van der Waals surface area contributed by atoms with Crippen LogP contribution in [0.25, 0.3) is 5.57 Å². The number of anilines is 2. The van der Waals surface area contributed by atoms with Crippen LogP contribution in [0.5, 0.6) is 0 Å². The molecule has 0 aliphatic carbocycles. The summed E-state index contributed by atoms with van der Waals surface area (Å²) >= 11 is 7.34. The van der Waals surface area contributed by atoms with Gasteiger partial charge in [-0.1, -0.05) is 29.8 Å². The molecule has 4 rings (SSSR count). The van der Waals surface area contributed by atoms with Gasteiger partial charge in [0.2, 0.25) is 5.91 Å². The summed E-state index contributed by atoms with van der Waals surface area (Å²) in [4.78, 5) is 39.6. The van der Waals surface area contributed by atoms with Crippen LogP contribution in [-0.4, -0.2) is 22.6 Å². The second-order valence-electron chi connectivity index (χ2n) is 6.93. The van der Waals surface area contributed by atoms with Gasteiger partial charge in [-0.05, 0) is 53.4 Å². The maximum atomic E-state index is 13.2. The number of benzene rings is 2. The third kappa shape index (κ3) is 4.52. The molecular formula is C23H18ClN3O3S. The lowest BCUT2D eigenvalue weighted by atomic mass is 10.1. The quantitative estimate of drug-likeness (QED) is 0.530. The molecule has 0 bridgehead atoms. The van der Waals surface area contributed by atoms with Gasteiger partial charge >= 0.3 is 0 Å². The fourth-order valence-corrected chi connectivity index (χ4v) is 4.14. The van der Waals surface area contributed by atoms with Crippen molar-refractivity contribution in [1.29, 1.82) is 0 Å². The zero-order valence-corrected chi connectivity index (χ0v) is 18.1. The zero-order chi connectivity index (χ0) is 22.0. The molecule has 8 heteroatoms. The van der Waals surface area contributed by atoms with E-state index in [2.05, 4.69) is 10.6 Å². The average molecular weight is 452 g/mol. The maximum Gasteiger partial charge on any atom is 0.278 e. The molecule has 2 heterocycles. The fourth-order valence-electron chi connectivity index (χ4n) is 3.24. The van der Waals surface area contributed by atoms with E-state index < -0.39 is 5.91 Å². The number of carbonyl (C=O) groups excluding carboxylic acids is 3. The van der Waals surface area contributed by atoms with Crippen LogP contribution in [0, 0.1) is 0 Å². The van der Waals surface area contributed by atoms with E-state index in [1.54, 1.807) is 48.5 Å². The lowest BCUT2D eigenvalue weighted by molar-refractivity contribution is -0.137. The van der Waals surface area contributed by atoms with Crippen LogP contribution in [0.15, 0.2) is 71.7 Å². The van der Waals surface area contributed by atoms with Crippen molar-refractivity contribution in [3.05, 3.63) is 87.2 Å². The second kappa shape index (κ2) is 8.75. The Balaban J connectivity index is 1.63. The Morgan fingerprint density at radius 1 is 0.968 bits per heavy atom. The molecule has 2 N–H and O–H groups in total. The van der Waals surface area contributed by atoms with Gasteiger partial charge in [0.05, 0.1) is 12.1 Å². The Morgan fingerprint density at radius 3 is 2.26 bits per heavy atom. The van der Waals surface area contributed by atoms with Crippen LogP contribution in [-0.2, 0) is 20.9 Å². The summed E-state index contributed by atoms with van der Waals surface area (Å²) in [5.41, 5.74) is 2.66. The van der Waals surface area contributed by atoms with Crippen molar-refractivity contribution in [3.8, 4) is 0 Å². The zero-order valence-electron chi connectivity index (χ0n) is 16.5. The maximum absolute atomic E-state index is 13.2. The van der Waals surface area contributed by atoms with Gasteiger partial charge in [-0.2, -0.15) is 0 Å². The van der Waals surface area contributed by atoms with Crippen molar-refractivity contribution < 1.29 is 14.4 Å². The first-order valence-corrected chi connectivity index (χ1v) is 10.7. The molecule has 1 aliphatic rings. The highest BCUT2D eigenvalue weighted by atomic mass is 35.5. The standard InChI is InChI=1S/C23H18ClN3O3S/c1-14(28)25-17-8-10-18(11-9-17)26-21-20(19-3-2-12-31-19)22(29)27(23(21)30)13-15-4-6-16(24)7-5-15/h2-12,26H,13H2,1H3,(H,25,28). The molecular weight excluding hydrogens is 434 g/mol. The number of thiophene rings is 1. The molecule has 0 radical (unpaired) electrons. The highest BCUT2D eigenvalue weighted by Crippen LogP contribution is 2.34. The molecule has 31 heavy (non-hydrogen) atoms. The number of halogens is 1. The van der Waals surface area contributed by atoms with Gasteiger partial charge in [-0.25, -0.2) is 0 Å². The Labute approximate surface area is 188 Å². The lowest BCUT2D eigenvalue weighted by Crippen LogP contribution is -2.31. The summed E-state index contributed by atoms with van der Waals surface area (Å²) in [6, 6.07) is 17.6. The molecule has 0 fully saturated rings. The van der Waals surface area contributed by atoms with E-state index in [9.17, 15) is 14.4 Å². The number of nitrogens with one attached hydrogen (secondary N) is 2.